The van der Waals surface area contributed by atoms with Crippen molar-refractivity contribution < 1.29 is 14.3 Å². The van der Waals surface area contributed by atoms with Gasteiger partial charge in [-0.3, -0.25) is 4.79 Å². The maximum absolute atomic E-state index is 13.0. The zero-order valence-electron chi connectivity index (χ0n) is 15.9. The van der Waals surface area contributed by atoms with E-state index < -0.39 is 11.4 Å². The van der Waals surface area contributed by atoms with E-state index >= 15 is 0 Å². The second-order valence-electron chi connectivity index (χ2n) is 7.14. The molecule has 0 aliphatic heterocycles. The van der Waals surface area contributed by atoms with Gasteiger partial charge in [0.05, 0.1) is 18.7 Å². The minimum atomic E-state index is -0.585. The summed E-state index contributed by atoms with van der Waals surface area (Å²) in [5.41, 5.74) is 1.31. The fourth-order valence-corrected chi connectivity index (χ4v) is 2.97. The molecule has 27 heavy (non-hydrogen) atoms. The average molecular weight is 408 g/mol. The topological polar surface area (TPSA) is 46.6 Å². The first-order chi connectivity index (χ1) is 12.6. The third-order valence-corrected chi connectivity index (χ3v) is 4.51. The van der Waals surface area contributed by atoms with Gasteiger partial charge in [0.15, 0.2) is 0 Å². The van der Waals surface area contributed by atoms with Crippen LogP contribution in [-0.2, 0) is 16.1 Å². The van der Waals surface area contributed by atoms with E-state index in [1.807, 2.05) is 20.8 Å². The van der Waals surface area contributed by atoms with Gasteiger partial charge in [-0.2, -0.15) is 0 Å². The lowest BCUT2D eigenvalue weighted by Crippen LogP contribution is -2.39. The highest BCUT2D eigenvalue weighted by Gasteiger charge is 2.29. The van der Waals surface area contributed by atoms with Gasteiger partial charge in [0, 0.05) is 21.1 Å². The minimum absolute atomic E-state index is 0.0580. The number of rotatable bonds is 5. The summed E-state index contributed by atoms with van der Waals surface area (Å²) in [6, 6.07) is 12.0. The van der Waals surface area contributed by atoms with Gasteiger partial charge in [-0.25, -0.2) is 4.79 Å². The number of anilines is 1. The van der Waals surface area contributed by atoms with Gasteiger partial charge in [0.2, 0.25) is 5.91 Å². The number of carbonyl (C=O) groups excluding carboxylic acids is 2. The molecule has 0 unspecified atom stereocenters. The molecular formula is C21H23Cl2NO3. The Morgan fingerprint density at radius 2 is 1.67 bits per heavy atom. The molecule has 0 bridgehead atoms. The summed E-state index contributed by atoms with van der Waals surface area (Å²) < 4.78 is 5.00. The molecule has 0 N–H and O–H groups in total. The second kappa shape index (κ2) is 8.77. The Labute approximate surface area is 170 Å². The number of benzene rings is 2. The molecular weight excluding hydrogens is 385 g/mol. The lowest BCUT2D eigenvalue weighted by Gasteiger charge is -2.30. The molecule has 0 aromatic heterocycles. The summed E-state index contributed by atoms with van der Waals surface area (Å²) in [7, 11) is 0. The molecule has 0 spiro atoms. The van der Waals surface area contributed by atoms with Crippen LogP contribution in [0.25, 0.3) is 0 Å². The van der Waals surface area contributed by atoms with Crippen molar-refractivity contribution in [1.29, 1.82) is 0 Å². The lowest BCUT2D eigenvalue weighted by atomic mass is 9.94. The Morgan fingerprint density at radius 1 is 1.04 bits per heavy atom. The van der Waals surface area contributed by atoms with Crippen LogP contribution in [0.5, 0.6) is 0 Å². The Morgan fingerprint density at radius 3 is 2.19 bits per heavy atom. The first-order valence-corrected chi connectivity index (χ1v) is 9.42. The average Bonchev–Trinajstić information content (AvgIpc) is 2.60. The predicted octanol–water partition coefficient (Wildman–Crippen LogP) is 5.75. The molecule has 4 nitrogen and oxygen atoms in total. The van der Waals surface area contributed by atoms with Crippen molar-refractivity contribution in [2.75, 3.05) is 11.5 Å². The van der Waals surface area contributed by atoms with Crippen molar-refractivity contribution >= 4 is 40.8 Å². The van der Waals surface area contributed by atoms with Crippen LogP contribution in [0.2, 0.25) is 10.0 Å². The second-order valence-corrected chi connectivity index (χ2v) is 7.99. The third kappa shape index (κ3) is 5.47. The summed E-state index contributed by atoms with van der Waals surface area (Å²) in [6.45, 7) is 7.94. The fraction of sp³-hybridized carbons (Fsp3) is 0.333. The first kappa shape index (κ1) is 21.3. The van der Waals surface area contributed by atoms with Crippen LogP contribution in [0, 0.1) is 5.41 Å². The number of amides is 1. The quantitative estimate of drug-likeness (QED) is 0.592. The molecule has 0 saturated heterocycles. The van der Waals surface area contributed by atoms with Gasteiger partial charge in [0.1, 0.15) is 0 Å². The molecule has 6 heteroatoms. The molecule has 0 saturated carbocycles. The highest BCUT2D eigenvalue weighted by molar-refractivity contribution is 6.35. The van der Waals surface area contributed by atoms with Gasteiger partial charge in [-0.1, -0.05) is 50.0 Å². The minimum Gasteiger partial charge on any atom is -0.462 e. The van der Waals surface area contributed by atoms with Crippen molar-refractivity contribution in [2.24, 2.45) is 5.41 Å². The molecule has 2 aromatic carbocycles. The molecule has 0 aliphatic carbocycles. The normalized spacial score (nSPS) is 11.2. The number of esters is 1. The standard InChI is InChI=1S/C21H23Cl2NO3/c1-5-27-19(25)14-7-10-17(11-8-14)24(20(26)21(2,3)4)13-15-6-9-16(22)12-18(15)23/h6-12H,5,13H2,1-4H3. The molecule has 2 aromatic rings. The van der Waals surface area contributed by atoms with Gasteiger partial charge in [-0.05, 0) is 48.9 Å². The van der Waals surface area contributed by atoms with E-state index in [0.717, 1.165) is 5.56 Å². The van der Waals surface area contributed by atoms with E-state index in [1.54, 1.807) is 54.3 Å². The molecule has 0 aliphatic rings. The van der Waals surface area contributed by atoms with E-state index in [4.69, 9.17) is 27.9 Å². The molecule has 2 rings (SSSR count). The number of halogens is 2. The molecule has 1 amide bonds. The van der Waals surface area contributed by atoms with Gasteiger partial charge in [-0.15, -0.1) is 0 Å². The van der Waals surface area contributed by atoms with Gasteiger partial charge >= 0.3 is 5.97 Å². The fourth-order valence-electron chi connectivity index (χ4n) is 2.50. The van der Waals surface area contributed by atoms with Crippen LogP contribution in [0.15, 0.2) is 42.5 Å². The Bertz CT molecular complexity index is 826. The third-order valence-electron chi connectivity index (χ3n) is 3.92. The molecule has 0 atom stereocenters. The van der Waals surface area contributed by atoms with E-state index in [1.165, 1.54) is 0 Å². The number of ether oxygens (including phenoxy) is 1. The van der Waals surface area contributed by atoms with Crippen LogP contribution >= 0.6 is 23.2 Å². The molecule has 0 heterocycles. The summed E-state index contributed by atoms with van der Waals surface area (Å²) in [4.78, 5) is 26.5. The Kier molecular flexibility index (Phi) is 6.90. The van der Waals surface area contributed by atoms with Crippen molar-refractivity contribution in [3.8, 4) is 0 Å². The van der Waals surface area contributed by atoms with Crippen LogP contribution in [-0.4, -0.2) is 18.5 Å². The van der Waals surface area contributed by atoms with Crippen molar-refractivity contribution in [3.05, 3.63) is 63.6 Å². The number of nitrogens with zero attached hydrogens (tertiary/aromatic N) is 1. The predicted molar refractivity (Wildman–Crippen MR) is 110 cm³/mol. The lowest BCUT2D eigenvalue weighted by molar-refractivity contribution is -0.125. The molecule has 0 fully saturated rings. The number of carbonyl (C=O) groups is 2. The maximum atomic E-state index is 13.0. The largest absolute Gasteiger partial charge is 0.462 e. The maximum Gasteiger partial charge on any atom is 0.338 e. The zero-order valence-corrected chi connectivity index (χ0v) is 17.4. The van der Waals surface area contributed by atoms with Crippen molar-refractivity contribution in [3.63, 3.8) is 0 Å². The monoisotopic (exact) mass is 407 g/mol. The van der Waals surface area contributed by atoms with Crippen LogP contribution in [0.4, 0.5) is 5.69 Å². The van der Waals surface area contributed by atoms with E-state index in [-0.39, 0.29) is 5.91 Å². The van der Waals surface area contributed by atoms with E-state index in [2.05, 4.69) is 0 Å². The molecule has 0 radical (unpaired) electrons. The smallest absolute Gasteiger partial charge is 0.338 e. The van der Waals surface area contributed by atoms with Crippen LogP contribution in [0.3, 0.4) is 0 Å². The summed E-state index contributed by atoms with van der Waals surface area (Å²) in [5, 5.41) is 1.04. The van der Waals surface area contributed by atoms with Gasteiger partial charge in [0.25, 0.3) is 0 Å². The van der Waals surface area contributed by atoms with Crippen LogP contribution < -0.4 is 4.90 Å². The molecule has 144 valence electrons. The summed E-state index contributed by atoms with van der Waals surface area (Å²) in [6.07, 6.45) is 0. The Hall–Kier alpha value is -2.04. The summed E-state index contributed by atoms with van der Waals surface area (Å²) >= 11 is 12.3. The highest BCUT2D eigenvalue weighted by Crippen LogP contribution is 2.29. The zero-order chi connectivity index (χ0) is 20.2. The number of hydrogen-bond donors (Lipinski definition) is 0. The van der Waals surface area contributed by atoms with Gasteiger partial charge < -0.3 is 9.64 Å². The first-order valence-electron chi connectivity index (χ1n) is 8.66. The highest BCUT2D eigenvalue weighted by atomic mass is 35.5. The van der Waals surface area contributed by atoms with Crippen molar-refractivity contribution in [2.45, 2.75) is 34.2 Å². The van der Waals surface area contributed by atoms with E-state index in [9.17, 15) is 9.59 Å². The Balaban J connectivity index is 2.38. The van der Waals surface area contributed by atoms with Crippen LogP contribution in [0.1, 0.15) is 43.6 Å². The SMILES string of the molecule is CCOC(=O)c1ccc(N(Cc2ccc(Cl)cc2Cl)C(=O)C(C)(C)C)cc1. The van der Waals surface area contributed by atoms with Crippen molar-refractivity contribution in [1.82, 2.24) is 0 Å². The van der Waals surface area contributed by atoms with E-state index in [0.29, 0.717) is 34.4 Å². The number of hydrogen-bond acceptors (Lipinski definition) is 3. The summed E-state index contributed by atoms with van der Waals surface area (Å²) in [5.74, 6) is -0.448.